The molecule has 1 unspecified atom stereocenters. The summed E-state index contributed by atoms with van der Waals surface area (Å²) in [7, 11) is -1.16. The van der Waals surface area contributed by atoms with E-state index in [2.05, 4.69) is 9.97 Å². The second-order valence-corrected chi connectivity index (χ2v) is 10.1. The predicted molar refractivity (Wildman–Crippen MR) is 122 cm³/mol. The van der Waals surface area contributed by atoms with Crippen LogP contribution in [0.4, 0.5) is 13.2 Å². The highest BCUT2D eigenvalue weighted by molar-refractivity contribution is 7.84. The Labute approximate surface area is 194 Å². The molecule has 32 heavy (non-hydrogen) atoms. The van der Waals surface area contributed by atoms with Crippen molar-refractivity contribution in [3.05, 3.63) is 71.1 Å². The van der Waals surface area contributed by atoms with Crippen LogP contribution >= 0.6 is 22.9 Å². The molecule has 1 aromatic carbocycles. The molecule has 3 heterocycles. The van der Waals surface area contributed by atoms with E-state index in [1.54, 1.807) is 36.5 Å². The summed E-state index contributed by atoms with van der Waals surface area (Å²) in [4.78, 5) is 9.58. The van der Waals surface area contributed by atoms with Gasteiger partial charge in [0.2, 0.25) is 0 Å². The summed E-state index contributed by atoms with van der Waals surface area (Å²) < 4.78 is 53.7. The molecule has 0 radical (unpaired) electrons. The minimum absolute atomic E-state index is 0.148. The maximum atomic E-state index is 13.4. The molecule has 4 nitrogen and oxygen atoms in total. The van der Waals surface area contributed by atoms with Gasteiger partial charge in [-0.3, -0.25) is 8.78 Å². The number of hydrogen-bond donors (Lipinski definition) is 0. The molecule has 0 aliphatic heterocycles. The molecular formula is C22H17ClF3N3OS2. The molecule has 0 saturated carbocycles. The number of aromatic nitrogens is 3. The Bertz CT molecular complexity index is 1310. The zero-order valence-corrected chi connectivity index (χ0v) is 19.4. The summed E-state index contributed by atoms with van der Waals surface area (Å²) >= 11 is 7.55. The zero-order valence-electron chi connectivity index (χ0n) is 17.0. The third-order valence-electron chi connectivity index (χ3n) is 4.73. The molecule has 0 saturated heterocycles. The molecule has 0 aliphatic carbocycles. The number of aryl methyl sites for hydroxylation is 1. The van der Waals surface area contributed by atoms with Crippen LogP contribution in [-0.4, -0.2) is 24.5 Å². The number of thiophene rings is 1. The van der Waals surface area contributed by atoms with Crippen molar-refractivity contribution in [1.29, 1.82) is 0 Å². The molecule has 0 aliphatic rings. The van der Waals surface area contributed by atoms with Gasteiger partial charge in [0.15, 0.2) is 11.5 Å². The van der Waals surface area contributed by atoms with Crippen LogP contribution in [0, 0.1) is 6.92 Å². The Hall–Kier alpha value is -2.49. The molecule has 166 valence electrons. The Morgan fingerprint density at radius 2 is 1.88 bits per heavy atom. The standard InChI is InChI=1S/C22H17ClF3N3OS2/c1-3-32(30)21-13(2)10-14(11-27-21)17-8-9-18(31-17)20-28-19(22(24,25)26)12-29(20)16-7-5-4-6-15(16)23/h4-12H,3H2,1-2H3. The number of hydrogen-bond acceptors (Lipinski definition) is 4. The first-order valence-electron chi connectivity index (χ1n) is 9.56. The number of para-hydroxylation sites is 1. The molecule has 0 fully saturated rings. The van der Waals surface area contributed by atoms with Gasteiger partial charge in [-0.05, 0) is 42.8 Å². The van der Waals surface area contributed by atoms with Gasteiger partial charge >= 0.3 is 6.18 Å². The molecular weight excluding hydrogens is 479 g/mol. The third-order valence-corrected chi connectivity index (χ3v) is 7.56. The number of rotatable bonds is 5. The van der Waals surface area contributed by atoms with E-state index in [9.17, 15) is 17.4 Å². The number of pyridine rings is 1. The first kappa shape index (κ1) is 22.7. The van der Waals surface area contributed by atoms with Crippen molar-refractivity contribution in [3.63, 3.8) is 0 Å². The fourth-order valence-corrected chi connectivity index (χ4v) is 5.27. The molecule has 0 spiro atoms. The molecule has 10 heteroatoms. The van der Waals surface area contributed by atoms with E-state index in [1.807, 2.05) is 26.0 Å². The van der Waals surface area contributed by atoms with Crippen molar-refractivity contribution in [2.24, 2.45) is 0 Å². The van der Waals surface area contributed by atoms with Gasteiger partial charge in [-0.15, -0.1) is 11.3 Å². The van der Waals surface area contributed by atoms with Gasteiger partial charge in [-0.25, -0.2) is 9.97 Å². The SMILES string of the molecule is CCS(=O)c1ncc(-c2ccc(-c3nc(C(F)(F)F)cn3-c3ccccc3Cl)s2)cc1C. The number of imidazole rings is 1. The molecule has 4 rings (SSSR count). The topological polar surface area (TPSA) is 47.8 Å². The molecule has 3 aromatic heterocycles. The van der Waals surface area contributed by atoms with Crippen molar-refractivity contribution in [3.8, 4) is 26.8 Å². The summed E-state index contributed by atoms with van der Waals surface area (Å²) in [6, 6.07) is 12.1. The minimum atomic E-state index is -4.59. The zero-order chi connectivity index (χ0) is 23.0. The van der Waals surface area contributed by atoms with E-state index in [0.29, 0.717) is 26.4 Å². The Kier molecular flexibility index (Phi) is 6.24. The van der Waals surface area contributed by atoms with Crippen LogP contribution < -0.4 is 0 Å². The number of nitrogens with zero attached hydrogens (tertiary/aromatic N) is 3. The Balaban J connectivity index is 1.79. The number of alkyl halides is 3. The molecule has 4 aromatic rings. The van der Waals surface area contributed by atoms with Gasteiger partial charge in [0.05, 0.1) is 26.4 Å². The first-order chi connectivity index (χ1) is 15.2. The largest absolute Gasteiger partial charge is 0.434 e. The predicted octanol–water partition coefficient (Wildman–Crippen LogP) is 6.77. The maximum absolute atomic E-state index is 13.4. The summed E-state index contributed by atoms with van der Waals surface area (Å²) in [6.45, 7) is 3.67. The smallest absolute Gasteiger partial charge is 0.297 e. The van der Waals surface area contributed by atoms with Gasteiger partial charge < -0.3 is 0 Å². The molecule has 0 bridgehead atoms. The van der Waals surface area contributed by atoms with E-state index in [-0.39, 0.29) is 5.82 Å². The van der Waals surface area contributed by atoms with E-state index < -0.39 is 22.7 Å². The van der Waals surface area contributed by atoms with E-state index in [1.165, 1.54) is 15.9 Å². The van der Waals surface area contributed by atoms with Gasteiger partial charge in [-0.1, -0.05) is 30.7 Å². The average Bonchev–Trinajstić information content (AvgIpc) is 3.40. The van der Waals surface area contributed by atoms with Crippen molar-refractivity contribution in [2.75, 3.05) is 5.75 Å². The summed E-state index contributed by atoms with van der Waals surface area (Å²) in [5.74, 6) is 0.623. The second kappa shape index (κ2) is 8.80. The molecule has 0 N–H and O–H groups in total. The van der Waals surface area contributed by atoms with Gasteiger partial charge in [0.25, 0.3) is 0 Å². The molecule has 1 atom stereocenters. The van der Waals surface area contributed by atoms with Crippen LogP contribution in [0.2, 0.25) is 5.02 Å². The lowest BCUT2D eigenvalue weighted by atomic mass is 10.2. The number of benzene rings is 1. The van der Waals surface area contributed by atoms with Crippen LogP contribution in [0.1, 0.15) is 18.2 Å². The van der Waals surface area contributed by atoms with Crippen LogP contribution in [-0.2, 0) is 17.0 Å². The highest BCUT2D eigenvalue weighted by Gasteiger charge is 2.35. The molecule has 0 amide bonds. The monoisotopic (exact) mass is 495 g/mol. The van der Waals surface area contributed by atoms with Crippen LogP contribution in [0.25, 0.3) is 26.8 Å². The van der Waals surface area contributed by atoms with Gasteiger partial charge in [0, 0.05) is 28.6 Å². The number of halogens is 4. The van der Waals surface area contributed by atoms with E-state index in [4.69, 9.17) is 11.6 Å². The highest BCUT2D eigenvalue weighted by atomic mass is 35.5. The lowest BCUT2D eigenvalue weighted by Gasteiger charge is -2.08. The van der Waals surface area contributed by atoms with Gasteiger partial charge in [0.1, 0.15) is 5.03 Å². The van der Waals surface area contributed by atoms with Crippen molar-refractivity contribution in [2.45, 2.75) is 25.0 Å². The lowest BCUT2D eigenvalue weighted by Crippen LogP contribution is -2.04. The summed E-state index contributed by atoms with van der Waals surface area (Å²) in [5, 5.41) is 0.855. The maximum Gasteiger partial charge on any atom is 0.434 e. The van der Waals surface area contributed by atoms with Crippen LogP contribution in [0.5, 0.6) is 0 Å². The lowest BCUT2D eigenvalue weighted by molar-refractivity contribution is -0.140. The minimum Gasteiger partial charge on any atom is -0.297 e. The normalized spacial score (nSPS) is 12.8. The van der Waals surface area contributed by atoms with Crippen molar-refractivity contribution < 1.29 is 17.4 Å². The third kappa shape index (κ3) is 4.37. The second-order valence-electron chi connectivity index (χ2n) is 6.91. The fraction of sp³-hybridized carbons (Fsp3) is 0.182. The average molecular weight is 496 g/mol. The summed E-state index contributed by atoms with van der Waals surface area (Å²) in [6.07, 6.45) is -2.00. The van der Waals surface area contributed by atoms with E-state index in [0.717, 1.165) is 22.2 Å². The van der Waals surface area contributed by atoms with Crippen LogP contribution in [0.15, 0.2) is 59.9 Å². The fourth-order valence-electron chi connectivity index (χ4n) is 3.21. The van der Waals surface area contributed by atoms with Crippen molar-refractivity contribution >= 4 is 33.7 Å². The van der Waals surface area contributed by atoms with Crippen molar-refractivity contribution in [1.82, 2.24) is 14.5 Å². The highest BCUT2D eigenvalue weighted by Crippen LogP contribution is 2.39. The van der Waals surface area contributed by atoms with E-state index >= 15 is 0 Å². The quantitative estimate of drug-likeness (QED) is 0.307. The first-order valence-corrected chi connectivity index (χ1v) is 12.1. The van der Waals surface area contributed by atoms with Crippen LogP contribution in [0.3, 0.4) is 0 Å². The Morgan fingerprint density at radius 1 is 1.16 bits per heavy atom. The Morgan fingerprint density at radius 3 is 2.53 bits per heavy atom. The van der Waals surface area contributed by atoms with Gasteiger partial charge in [-0.2, -0.15) is 13.2 Å². The summed E-state index contributed by atoms with van der Waals surface area (Å²) in [5.41, 5.74) is 1.01.